The van der Waals surface area contributed by atoms with E-state index in [0.29, 0.717) is 12.0 Å². The van der Waals surface area contributed by atoms with Crippen LogP contribution in [0.25, 0.3) is 0 Å². The number of benzene rings is 1. The highest BCUT2D eigenvalue weighted by molar-refractivity contribution is 5.46. The zero-order valence-corrected chi connectivity index (χ0v) is 9.93. The second-order valence-electron chi connectivity index (χ2n) is 4.10. The molecule has 0 fully saturated rings. The number of nitro benzene ring substituents is 1. The largest absolute Gasteiger partial charge is 0.508 e. The lowest BCUT2D eigenvalue weighted by atomic mass is 9.99. The van der Waals surface area contributed by atoms with Gasteiger partial charge in [0.25, 0.3) is 5.69 Å². The molecular formula is C12H18N2O3. The molecule has 0 bridgehead atoms. The molecule has 0 radical (unpaired) electrons. The van der Waals surface area contributed by atoms with E-state index in [1.165, 1.54) is 18.2 Å². The highest BCUT2D eigenvalue weighted by atomic mass is 16.6. The molecule has 94 valence electrons. The maximum absolute atomic E-state index is 10.8. The van der Waals surface area contributed by atoms with Crippen molar-refractivity contribution in [2.24, 2.45) is 5.73 Å². The normalized spacial score (nSPS) is 12.4. The maximum Gasteiger partial charge on any atom is 0.274 e. The van der Waals surface area contributed by atoms with Crippen molar-refractivity contribution < 1.29 is 10.0 Å². The van der Waals surface area contributed by atoms with Crippen molar-refractivity contribution in [3.05, 3.63) is 33.9 Å². The molecule has 0 aliphatic rings. The van der Waals surface area contributed by atoms with Crippen LogP contribution in [0.3, 0.4) is 0 Å². The predicted molar refractivity (Wildman–Crippen MR) is 65.8 cm³/mol. The molecule has 0 saturated heterocycles. The van der Waals surface area contributed by atoms with Crippen molar-refractivity contribution in [3.63, 3.8) is 0 Å². The predicted octanol–water partition coefficient (Wildman–Crippen LogP) is 2.88. The Bertz CT molecular complexity index is 393. The SMILES string of the molecule is CCCCC[C@@H](N)c1cc(O)ccc1[N+](=O)[O-]. The van der Waals surface area contributed by atoms with Crippen LogP contribution >= 0.6 is 0 Å². The third-order valence-corrected chi connectivity index (χ3v) is 2.73. The highest BCUT2D eigenvalue weighted by Gasteiger charge is 2.19. The number of unbranched alkanes of at least 4 members (excludes halogenated alkanes) is 2. The van der Waals surface area contributed by atoms with Gasteiger partial charge in [-0.15, -0.1) is 0 Å². The van der Waals surface area contributed by atoms with Crippen molar-refractivity contribution >= 4 is 5.69 Å². The molecule has 0 amide bonds. The maximum atomic E-state index is 10.8. The van der Waals surface area contributed by atoms with E-state index in [0.717, 1.165) is 19.3 Å². The van der Waals surface area contributed by atoms with Gasteiger partial charge in [0.1, 0.15) is 5.75 Å². The third-order valence-electron chi connectivity index (χ3n) is 2.73. The number of nitrogens with zero attached hydrogens (tertiary/aromatic N) is 1. The summed E-state index contributed by atoms with van der Waals surface area (Å²) in [6.45, 7) is 2.09. The Morgan fingerprint density at radius 3 is 2.76 bits per heavy atom. The first-order chi connectivity index (χ1) is 8.06. The van der Waals surface area contributed by atoms with Gasteiger partial charge >= 0.3 is 0 Å². The summed E-state index contributed by atoms with van der Waals surface area (Å²) in [5.74, 6) is 0.0107. The van der Waals surface area contributed by atoms with Crippen molar-refractivity contribution in [1.82, 2.24) is 0 Å². The molecule has 1 aromatic rings. The lowest BCUT2D eigenvalue weighted by Gasteiger charge is -2.12. The topological polar surface area (TPSA) is 89.4 Å². The highest BCUT2D eigenvalue weighted by Crippen LogP contribution is 2.30. The molecule has 0 saturated carbocycles. The average Bonchev–Trinajstić information content (AvgIpc) is 2.28. The van der Waals surface area contributed by atoms with Crippen LogP contribution in [0, 0.1) is 10.1 Å². The van der Waals surface area contributed by atoms with Crippen molar-refractivity contribution in [1.29, 1.82) is 0 Å². The van der Waals surface area contributed by atoms with Gasteiger partial charge in [-0.25, -0.2) is 0 Å². The van der Waals surface area contributed by atoms with Gasteiger partial charge in [0.05, 0.1) is 10.5 Å². The van der Waals surface area contributed by atoms with Crippen LogP contribution in [0.2, 0.25) is 0 Å². The minimum Gasteiger partial charge on any atom is -0.508 e. The molecule has 1 rings (SSSR count). The molecule has 0 aromatic heterocycles. The van der Waals surface area contributed by atoms with E-state index in [4.69, 9.17) is 5.73 Å². The molecule has 0 aliphatic heterocycles. The minimum atomic E-state index is -0.464. The molecule has 3 N–H and O–H groups in total. The van der Waals surface area contributed by atoms with Crippen molar-refractivity contribution in [2.45, 2.75) is 38.6 Å². The van der Waals surface area contributed by atoms with Crippen LogP contribution in [-0.2, 0) is 0 Å². The molecule has 0 heterocycles. The average molecular weight is 238 g/mol. The Kier molecular flexibility index (Phi) is 4.90. The molecule has 0 aliphatic carbocycles. The van der Waals surface area contributed by atoms with E-state index in [9.17, 15) is 15.2 Å². The first-order valence-electron chi connectivity index (χ1n) is 5.79. The molecule has 1 atom stereocenters. The second kappa shape index (κ2) is 6.20. The Labute approximate surface area is 100 Å². The summed E-state index contributed by atoms with van der Waals surface area (Å²) in [6, 6.07) is 3.59. The van der Waals surface area contributed by atoms with Crippen LogP contribution < -0.4 is 5.73 Å². The number of hydrogen-bond acceptors (Lipinski definition) is 4. The summed E-state index contributed by atoms with van der Waals surface area (Å²) in [7, 11) is 0. The van der Waals surface area contributed by atoms with E-state index in [-0.39, 0.29) is 11.4 Å². The number of phenols is 1. The lowest BCUT2D eigenvalue weighted by molar-refractivity contribution is -0.385. The van der Waals surface area contributed by atoms with E-state index in [2.05, 4.69) is 6.92 Å². The third kappa shape index (κ3) is 3.71. The van der Waals surface area contributed by atoms with Crippen LogP contribution in [0.4, 0.5) is 5.69 Å². The van der Waals surface area contributed by atoms with E-state index in [1.807, 2.05) is 0 Å². The molecule has 5 nitrogen and oxygen atoms in total. The first-order valence-corrected chi connectivity index (χ1v) is 5.79. The summed E-state index contributed by atoms with van der Waals surface area (Å²) >= 11 is 0. The monoisotopic (exact) mass is 238 g/mol. The molecule has 1 aromatic carbocycles. The standard InChI is InChI=1S/C12H18N2O3/c1-2-3-4-5-11(13)10-8-9(15)6-7-12(10)14(16)17/h6-8,11,15H,2-5,13H2,1H3/t11-/m1/s1. The number of phenolic OH excluding ortho intramolecular Hbond substituents is 1. The van der Waals surface area contributed by atoms with Gasteiger partial charge in [0, 0.05) is 12.1 Å². The van der Waals surface area contributed by atoms with Gasteiger partial charge in [0.2, 0.25) is 0 Å². The summed E-state index contributed by atoms with van der Waals surface area (Å²) in [4.78, 5) is 10.4. The lowest BCUT2D eigenvalue weighted by Crippen LogP contribution is -2.12. The molecule has 0 unspecified atom stereocenters. The van der Waals surface area contributed by atoms with Crippen LogP contribution in [0.5, 0.6) is 5.75 Å². The molecule has 0 spiro atoms. The van der Waals surface area contributed by atoms with Gasteiger partial charge < -0.3 is 10.8 Å². The fourth-order valence-corrected chi connectivity index (χ4v) is 1.77. The summed E-state index contributed by atoms with van der Waals surface area (Å²) in [6.07, 6.45) is 3.76. The quantitative estimate of drug-likeness (QED) is 0.453. The zero-order valence-electron chi connectivity index (χ0n) is 9.93. The molecular weight excluding hydrogens is 220 g/mol. The fraction of sp³-hybridized carbons (Fsp3) is 0.500. The van der Waals surface area contributed by atoms with Gasteiger partial charge in [0.15, 0.2) is 0 Å². The van der Waals surface area contributed by atoms with Crippen molar-refractivity contribution in [3.8, 4) is 5.75 Å². The smallest absolute Gasteiger partial charge is 0.274 e. The summed E-state index contributed by atoms with van der Waals surface area (Å²) in [5, 5.41) is 20.2. The number of aromatic hydroxyl groups is 1. The number of nitrogens with two attached hydrogens (primary N) is 1. The van der Waals surface area contributed by atoms with Gasteiger partial charge in [-0.3, -0.25) is 10.1 Å². The molecule has 17 heavy (non-hydrogen) atoms. The van der Waals surface area contributed by atoms with Gasteiger partial charge in [-0.2, -0.15) is 0 Å². The molecule has 5 heteroatoms. The second-order valence-corrected chi connectivity index (χ2v) is 4.10. The van der Waals surface area contributed by atoms with Crippen LogP contribution in [0.15, 0.2) is 18.2 Å². The Morgan fingerprint density at radius 2 is 2.18 bits per heavy atom. The Balaban J connectivity index is 2.86. The van der Waals surface area contributed by atoms with Crippen molar-refractivity contribution in [2.75, 3.05) is 0 Å². The first kappa shape index (κ1) is 13.4. The van der Waals surface area contributed by atoms with Crippen LogP contribution in [-0.4, -0.2) is 10.0 Å². The number of hydrogen-bond donors (Lipinski definition) is 2. The number of rotatable bonds is 6. The van der Waals surface area contributed by atoms with E-state index < -0.39 is 11.0 Å². The zero-order chi connectivity index (χ0) is 12.8. The fourth-order valence-electron chi connectivity index (χ4n) is 1.77. The number of nitro groups is 1. The van der Waals surface area contributed by atoms with Gasteiger partial charge in [-0.1, -0.05) is 26.2 Å². The Morgan fingerprint density at radius 1 is 1.47 bits per heavy atom. The summed E-state index contributed by atoms with van der Waals surface area (Å²) < 4.78 is 0. The van der Waals surface area contributed by atoms with E-state index >= 15 is 0 Å². The van der Waals surface area contributed by atoms with Crippen LogP contribution in [0.1, 0.15) is 44.2 Å². The minimum absolute atomic E-state index is 0.0107. The van der Waals surface area contributed by atoms with E-state index in [1.54, 1.807) is 0 Å². The summed E-state index contributed by atoms with van der Waals surface area (Å²) in [5.41, 5.74) is 6.31. The Hall–Kier alpha value is -1.62. The van der Waals surface area contributed by atoms with Gasteiger partial charge in [-0.05, 0) is 18.6 Å².